The van der Waals surface area contributed by atoms with Crippen LogP contribution < -0.4 is 10.6 Å². The molecule has 0 spiro atoms. The minimum atomic E-state index is 0.131. The minimum Gasteiger partial charge on any atom is -0.356 e. The van der Waals surface area contributed by atoms with Crippen LogP contribution in [0.25, 0.3) is 0 Å². The summed E-state index contributed by atoms with van der Waals surface area (Å²) in [6, 6.07) is 8.12. The standard InChI is InChI=1S/C15H21ClN2O/c16-14-7-2-1-5-12(14)8-10-18-15(19)11-13-6-3-4-9-17-13/h1-2,5,7,13,17H,3-4,6,8-11H2,(H,18,19). The first-order valence-electron chi connectivity index (χ1n) is 6.99. The van der Waals surface area contributed by atoms with E-state index in [-0.39, 0.29) is 5.91 Å². The number of rotatable bonds is 5. The summed E-state index contributed by atoms with van der Waals surface area (Å²) in [7, 11) is 0. The first-order chi connectivity index (χ1) is 9.25. The van der Waals surface area contributed by atoms with Gasteiger partial charge in [0, 0.05) is 24.0 Å². The molecule has 19 heavy (non-hydrogen) atoms. The predicted octanol–water partition coefficient (Wildman–Crippen LogP) is 2.53. The van der Waals surface area contributed by atoms with Gasteiger partial charge in [0.25, 0.3) is 0 Å². The van der Waals surface area contributed by atoms with Crippen LogP contribution in [0, 0.1) is 0 Å². The Morgan fingerprint density at radius 3 is 2.95 bits per heavy atom. The quantitative estimate of drug-likeness (QED) is 0.870. The molecule has 1 saturated heterocycles. The lowest BCUT2D eigenvalue weighted by atomic mass is 10.0. The number of nitrogens with one attached hydrogen (secondary N) is 2. The lowest BCUT2D eigenvalue weighted by Crippen LogP contribution is -2.39. The molecule has 1 aliphatic rings. The minimum absolute atomic E-state index is 0.131. The van der Waals surface area contributed by atoms with E-state index in [1.807, 2.05) is 24.3 Å². The van der Waals surface area contributed by atoms with Crippen molar-refractivity contribution in [2.75, 3.05) is 13.1 Å². The molecule has 0 aromatic heterocycles. The lowest BCUT2D eigenvalue weighted by Gasteiger charge is -2.22. The molecule has 1 atom stereocenters. The van der Waals surface area contributed by atoms with Crippen molar-refractivity contribution in [3.8, 4) is 0 Å². The van der Waals surface area contributed by atoms with Crippen LogP contribution >= 0.6 is 11.6 Å². The van der Waals surface area contributed by atoms with E-state index in [9.17, 15) is 4.79 Å². The van der Waals surface area contributed by atoms with Gasteiger partial charge in [-0.1, -0.05) is 36.2 Å². The maximum Gasteiger partial charge on any atom is 0.221 e. The van der Waals surface area contributed by atoms with E-state index in [2.05, 4.69) is 10.6 Å². The van der Waals surface area contributed by atoms with Crippen LogP contribution in [0.15, 0.2) is 24.3 Å². The number of hydrogen-bond acceptors (Lipinski definition) is 2. The van der Waals surface area contributed by atoms with Crippen LogP contribution in [0.4, 0.5) is 0 Å². The average Bonchev–Trinajstić information content (AvgIpc) is 2.42. The molecule has 2 rings (SSSR count). The Morgan fingerprint density at radius 2 is 2.21 bits per heavy atom. The number of amides is 1. The Labute approximate surface area is 119 Å². The number of halogens is 1. The molecule has 1 fully saturated rings. The highest BCUT2D eigenvalue weighted by atomic mass is 35.5. The lowest BCUT2D eigenvalue weighted by molar-refractivity contribution is -0.121. The summed E-state index contributed by atoms with van der Waals surface area (Å²) in [6.45, 7) is 1.69. The van der Waals surface area contributed by atoms with Crippen molar-refractivity contribution in [1.29, 1.82) is 0 Å². The highest BCUT2D eigenvalue weighted by molar-refractivity contribution is 6.31. The molecule has 0 bridgehead atoms. The van der Waals surface area contributed by atoms with Gasteiger partial charge in [-0.25, -0.2) is 0 Å². The fraction of sp³-hybridized carbons (Fsp3) is 0.533. The summed E-state index contributed by atoms with van der Waals surface area (Å²) in [5.74, 6) is 0.131. The molecule has 1 amide bonds. The molecule has 1 aromatic rings. The molecule has 1 heterocycles. The van der Waals surface area contributed by atoms with Gasteiger partial charge in [-0.15, -0.1) is 0 Å². The molecule has 0 saturated carbocycles. The summed E-state index contributed by atoms with van der Waals surface area (Å²) in [4.78, 5) is 11.8. The zero-order valence-electron chi connectivity index (χ0n) is 11.1. The van der Waals surface area contributed by atoms with Gasteiger partial charge in [0.05, 0.1) is 0 Å². The first-order valence-corrected chi connectivity index (χ1v) is 7.37. The molecule has 1 aromatic carbocycles. The van der Waals surface area contributed by atoms with Crippen molar-refractivity contribution in [2.45, 2.75) is 38.1 Å². The van der Waals surface area contributed by atoms with E-state index >= 15 is 0 Å². The van der Waals surface area contributed by atoms with E-state index < -0.39 is 0 Å². The van der Waals surface area contributed by atoms with Gasteiger partial charge in [0.2, 0.25) is 5.91 Å². The smallest absolute Gasteiger partial charge is 0.221 e. The average molecular weight is 281 g/mol. The molecule has 1 aliphatic heterocycles. The van der Waals surface area contributed by atoms with E-state index in [0.29, 0.717) is 19.0 Å². The van der Waals surface area contributed by atoms with E-state index in [0.717, 1.165) is 30.0 Å². The van der Waals surface area contributed by atoms with Crippen molar-refractivity contribution in [2.24, 2.45) is 0 Å². The van der Waals surface area contributed by atoms with Gasteiger partial charge in [-0.2, -0.15) is 0 Å². The Bertz CT molecular complexity index is 416. The van der Waals surface area contributed by atoms with Crippen LogP contribution in [-0.2, 0) is 11.2 Å². The molecular formula is C15H21ClN2O. The van der Waals surface area contributed by atoms with Crippen molar-refractivity contribution in [1.82, 2.24) is 10.6 Å². The molecule has 0 radical (unpaired) electrons. The molecule has 0 aliphatic carbocycles. The Morgan fingerprint density at radius 1 is 1.37 bits per heavy atom. The fourth-order valence-corrected chi connectivity index (χ4v) is 2.66. The van der Waals surface area contributed by atoms with Crippen LogP contribution in [-0.4, -0.2) is 25.0 Å². The number of hydrogen-bond donors (Lipinski definition) is 2. The number of piperidine rings is 1. The van der Waals surface area contributed by atoms with Crippen molar-refractivity contribution < 1.29 is 4.79 Å². The molecule has 104 valence electrons. The maximum atomic E-state index is 11.8. The summed E-state index contributed by atoms with van der Waals surface area (Å²) in [6.07, 6.45) is 4.93. The fourth-order valence-electron chi connectivity index (χ4n) is 2.43. The summed E-state index contributed by atoms with van der Waals surface area (Å²) >= 11 is 6.07. The molecule has 2 N–H and O–H groups in total. The summed E-state index contributed by atoms with van der Waals surface area (Å²) in [5.41, 5.74) is 1.08. The third-order valence-corrected chi connectivity index (χ3v) is 3.89. The maximum absolute atomic E-state index is 11.8. The van der Waals surface area contributed by atoms with Crippen LogP contribution in [0.1, 0.15) is 31.2 Å². The predicted molar refractivity (Wildman–Crippen MR) is 78.4 cm³/mol. The van der Waals surface area contributed by atoms with Crippen molar-refractivity contribution >= 4 is 17.5 Å². The van der Waals surface area contributed by atoms with Gasteiger partial charge >= 0.3 is 0 Å². The third-order valence-electron chi connectivity index (χ3n) is 3.52. The Hall–Kier alpha value is -1.06. The van der Waals surface area contributed by atoms with Gasteiger partial charge in [-0.3, -0.25) is 4.79 Å². The molecular weight excluding hydrogens is 260 g/mol. The second kappa shape index (κ2) is 7.51. The van der Waals surface area contributed by atoms with Gasteiger partial charge in [0.1, 0.15) is 0 Å². The van der Waals surface area contributed by atoms with Gasteiger partial charge in [0.15, 0.2) is 0 Å². The normalized spacial score (nSPS) is 19.1. The van der Waals surface area contributed by atoms with Crippen LogP contribution in [0.3, 0.4) is 0 Å². The molecule has 1 unspecified atom stereocenters. The first kappa shape index (κ1) is 14.4. The summed E-state index contributed by atoms with van der Waals surface area (Å²) in [5, 5.41) is 7.12. The highest BCUT2D eigenvalue weighted by Crippen LogP contribution is 2.15. The van der Waals surface area contributed by atoms with Crippen molar-refractivity contribution in [3.05, 3.63) is 34.9 Å². The number of benzene rings is 1. The Balaban J connectivity index is 1.67. The largest absolute Gasteiger partial charge is 0.356 e. The zero-order chi connectivity index (χ0) is 13.5. The van der Waals surface area contributed by atoms with Crippen LogP contribution in [0.5, 0.6) is 0 Å². The molecule has 3 nitrogen and oxygen atoms in total. The van der Waals surface area contributed by atoms with E-state index in [4.69, 9.17) is 11.6 Å². The summed E-state index contributed by atoms with van der Waals surface area (Å²) < 4.78 is 0. The second-order valence-electron chi connectivity index (χ2n) is 5.04. The topological polar surface area (TPSA) is 41.1 Å². The zero-order valence-corrected chi connectivity index (χ0v) is 11.9. The van der Waals surface area contributed by atoms with Gasteiger partial charge in [-0.05, 0) is 37.4 Å². The Kier molecular flexibility index (Phi) is 5.67. The van der Waals surface area contributed by atoms with Gasteiger partial charge < -0.3 is 10.6 Å². The third kappa shape index (κ3) is 4.84. The number of carbonyl (C=O) groups excluding carboxylic acids is 1. The van der Waals surface area contributed by atoms with Crippen molar-refractivity contribution in [3.63, 3.8) is 0 Å². The highest BCUT2D eigenvalue weighted by Gasteiger charge is 2.15. The second-order valence-corrected chi connectivity index (χ2v) is 5.45. The molecule has 4 heteroatoms. The number of carbonyl (C=O) groups is 1. The SMILES string of the molecule is O=C(CC1CCCCN1)NCCc1ccccc1Cl. The van der Waals surface area contributed by atoms with E-state index in [1.54, 1.807) is 0 Å². The van der Waals surface area contributed by atoms with E-state index in [1.165, 1.54) is 12.8 Å². The van der Waals surface area contributed by atoms with Crippen LogP contribution in [0.2, 0.25) is 5.02 Å². The monoisotopic (exact) mass is 280 g/mol.